The number of halogens is 1. The second-order valence-corrected chi connectivity index (χ2v) is 8.07. The Balaban J connectivity index is 1.87. The van der Waals surface area contributed by atoms with E-state index >= 15 is 0 Å². The van der Waals surface area contributed by atoms with E-state index in [4.69, 9.17) is 5.21 Å². The third-order valence-electron chi connectivity index (χ3n) is 4.47. The number of hydrogen-bond donors (Lipinski definition) is 2. The van der Waals surface area contributed by atoms with Gasteiger partial charge in [0.05, 0.1) is 4.90 Å². The summed E-state index contributed by atoms with van der Waals surface area (Å²) in [6.45, 7) is -0.353. The van der Waals surface area contributed by atoms with Gasteiger partial charge in [0.2, 0.25) is 10.0 Å². The Labute approximate surface area is 161 Å². The monoisotopic (exact) mass is 407 g/mol. The highest BCUT2D eigenvalue weighted by Crippen LogP contribution is 2.22. The van der Waals surface area contributed by atoms with Crippen LogP contribution in [0.15, 0.2) is 59.5 Å². The van der Waals surface area contributed by atoms with E-state index in [-0.39, 0.29) is 30.1 Å². The first-order valence-electron chi connectivity index (χ1n) is 8.40. The fraction of sp³-hybridized carbons (Fsp3) is 0.222. The molecule has 28 heavy (non-hydrogen) atoms. The maximum Gasteiger partial charge on any atom is 0.263 e. The molecule has 2 amide bonds. The Kier molecular flexibility index (Phi) is 5.73. The van der Waals surface area contributed by atoms with Gasteiger partial charge in [0.25, 0.3) is 11.8 Å². The Bertz CT molecular complexity index is 966. The minimum atomic E-state index is -4.01. The molecule has 0 aliphatic carbocycles. The van der Waals surface area contributed by atoms with Crippen molar-refractivity contribution in [1.82, 2.24) is 14.7 Å². The van der Waals surface area contributed by atoms with E-state index < -0.39 is 33.7 Å². The minimum absolute atomic E-state index is 0.00375. The molecule has 2 aromatic rings. The number of piperazine rings is 1. The molecule has 1 heterocycles. The lowest BCUT2D eigenvalue weighted by Gasteiger charge is -2.39. The maximum atomic E-state index is 13.1. The normalized spacial score (nSPS) is 17.9. The number of hydroxylamine groups is 1. The third-order valence-corrected chi connectivity index (χ3v) is 6.39. The van der Waals surface area contributed by atoms with Crippen molar-refractivity contribution in [2.75, 3.05) is 19.6 Å². The largest absolute Gasteiger partial charge is 0.335 e. The van der Waals surface area contributed by atoms with Crippen LogP contribution in [0.25, 0.3) is 0 Å². The number of amides is 2. The molecule has 1 unspecified atom stereocenters. The van der Waals surface area contributed by atoms with Crippen molar-refractivity contribution >= 4 is 21.8 Å². The number of sulfonamides is 1. The van der Waals surface area contributed by atoms with Gasteiger partial charge in [-0.1, -0.05) is 18.2 Å². The van der Waals surface area contributed by atoms with Crippen molar-refractivity contribution in [2.24, 2.45) is 0 Å². The first-order valence-corrected chi connectivity index (χ1v) is 9.84. The van der Waals surface area contributed by atoms with Crippen molar-refractivity contribution in [2.45, 2.75) is 10.9 Å². The Morgan fingerprint density at radius 1 is 1.04 bits per heavy atom. The molecule has 0 spiro atoms. The van der Waals surface area contributed by atoms with E-state index in [9.17, 15) is 22.4 Å². The zero-order valence-electron chi connectivity index (χ0n) is 14.7. The van der Waals surface area contributed by atoms with Gasteiger partial charge in [-0.2, -0.15) is 4.31 Å². The van der Waals surface area contributed by atoms with E-state index in [2.05, 4.69) is 0 Å². The molecule has 1 aliphatic rings. The summed E-state index contributed by atoms with van der Waals surface area (Å²) in [7, 11) is -4.01. The van der Waals surface area contributed by atoms with Crippen LogP contribution in [0.4, 0.5) is 4.39 Å². The van der Waals surface area contributed by atoms with Gasteiger partial charge in [0.15, 0.2) is 0 Å². The van der Waals surface area contributed by atoms with Crippen LogP contribution in [0.1, 0.15) is 10.4 Å². The van der Waals surface area contributed by atoms with Crippen molar-refractivity contribution in [3.63, 3.8) is 0 Å². The van der Waals surface area contributed by atoms with Gasteiger partial charge in [-0.05, 0) is 36.4 Å². The van der Waals surface area contributed by atoms with Crippen LogP contribution < -0.4 is 5.48 Å². The molecule has 10 heteroatoms. The lowest BCUT2D eigenvalue weighted by Crippen LogP contribution is -2.61. The van der Waals surface area contributed by atoms with E-state index in [0.29, 0.717) is 0 Å². The Morgan fingerprint density at radius 3 is 2.29 bits per heavy atom. The predicted octanol–water partition coefficient (Wildman–Crippen LogP) is 0.846. The lowest BCUT2D eigenvalue weighted by molar-refractivity contribution is -0.134. The quantitative estimate of drug-likeness (QED) is 0.577. The van der Waals surface area contributed by atoms with Crippen LogP contribution in [0.3, 0.4) is 0 Å². The highest BCUT2D eigenvalue weighted by atomic mass is 32.2. The number of carbonyl (C=O) groups excluding carboxylic acids is 2. The Hall–Kier alpha value is -2.82. The van der Waals surface area contributed by atoms with E-state index in [1.807, 2.05) is 0 Å². The number of carbonyl (C=O) groups is 2. The molecular formula is C18H18FN3O5S. The van der Waals surface area contributed by atoms with Gasteiger partial charge in [-0.3, -0.25) is 14.8 Å². The SMILES string of the molecule is O=C(NO)C1CN(C(=O)c2ccc(F)cc2)CCN1S(=O)(=O)c1ccccc1. The minimum Gasteiger partial charge on any atom is -0.335 e. The van der Waals surface area contributed by atoms with Gasteiger partial charge >= 0.3 is 0 Å². The molecule has 0 aromatic heterocycles. The van der Waals surface area contributed by atoms with E-state index in [0.717, 1.165) is 16.4 Å². The van der Waals surface area contributed by atoms with Gasteiger partial charge in [-0.25, -0.2) is 18.3 Å². The third kappa shape index (κ3) is 3.88. The van der Waals surface area contributed by atoms with Crippen LogP contribution in [-0.4, -0.2) is 60.3 Å². The van der Waals surface area contributed by atoms with Gasteiger partial charge in [-0.15, -0.1) is 0 Å². The smallest absolute Gasteiger partial charge is 0.263 e. The molecule has 8 nitrogen and oxygen atoms in total. The summed E-state index contributed by atoms with van der Waals surface area (Å²) < 4.78 is 39.9. The summed E-state index contributed by atoms with van der Waals surface area (Å²) in [6, 6.07) is 11.2. The number of benzene rings is 2. The second kappa shape index (κ2) is 8.05. The van der Waals surface area contributed by atoms with E-state index in [1.165, 1.54) is 34.6 Å². The highest BCUT2D eigenvalue weighted by molar-refractivity contribution is 7.89. The molecule has 1 aliphatic heterocycles. The molecule has 2 aromatic carbocycles. The van der Waals surface area contributed by atoms with Crippen LogP contribution in [0.2, 0.25) is 0 Å². The van der Waals surface area contributed by atoms with E-state index in [1.54, 1.807) is 18.2 Å². The standard InChI is InChI=1S/C18H18FN3O5S/c19-14-8-6-13(7-9-14)18(24)21-10-11-22(16(12-21)17(23)20-25)28(26,27)15-4-2-1-3-5-15/h1-9,16,25H,10-12H2,(H,20,23). The first-order chi connectivity index (χ1) is 13.3. The molecule has 1 saturated heterocycles. The van der Waals surface area contributed by atoms with Crippen LogP contribution in [0.5, 0.6) is 0 Å². The van der Waals surface area contributed by atoms with Gasteiger partial charge in [0.1, 0.15) is 11.9 Å². The fourth-order valence-corrected chi connectivity index (χ4v) is 4.62. The zero-order valence-corrected chi connectivity index (χ0v) is 15.5. The van der Waals surface area contributed by atoms with Crippen LogP contribution >= 0.6 is 0 Å². The molecular weight excluding hydrogens is 389 g/mol. The molecule has 0 bridgehead atoms. The summed E-state index contributed by atoms with van der Waals surface area (Å²) in [6.07, 6.45) is 0. The first kappa shape index (κ1) is 19.9. The summed E-state index contributed by atoms with van der Waals surface area (Å²) in [5, 5.41) is 9.05. The summed E-state index contributed by atoms with van der Waals surface area (Å²) in [4.78, 5) is 26.1. The topological polar surface area (TPSA) is 107 Å². The van der Waals surface area contributed by atoms with Gasteiger partial charge in [0, 0.05) is 25.2 Å². The predicted molar refractivity (Wildman–Crippen MR) is 96.4 cm³/mol. The van der Waals surface area contributed by atoms with Crippen molar-refractivity contribution in [1.29, 1.82) is 0 Å². The molecule has 3 rings (SSSR count). The summed E-state index contributed by atoms with van der Waals surface area (Å²) in [5.41, 5.74) is 1.67. The highest BCUT2D eigenvalue weighted by Gasteiger charge is 2.41. The summed E-state index contributed by atoms with van der Waals surface area (Å²) >= 11 is 0. The molecule has 1 atom stereocenters. The zero-order chi connectivity index (χ0) is 20.3. The number of nitrogens with one attached hydrogen (secondary N) is 1. The molecule has 1 fully saturated rings. The molecule has 148 valence electrons. The maximum absolute atomic E-state index is 13.1. The number of nitrogens with zero attached hydrogens (tertiary/aromatic N) is 2. The molecule has 0 saturated carbocycles. The second-order valence-electron chi connectivity index (χ2n) is 6.18. The lowest BCUT2D eigenvalue weighted by atomic mass is 10.1. The molecule has 2 N–H and O–H groups in total. The average Bonchev–Trinajstić information content (AvgIpc) is 2.73. The summed E-state index contributed by atoms with van der Waals surface area (Å²) in [5.74, 6) is -1.91. The van der Waals surface area contributed by atoms with Crippen LogP contribution in [0, 0.1) is 5.82 Å². The van der Waals surface area contributed by atoms with Crippen molar-refractivity contribution in [3.8, 4) is 0 Å². The number of rotatable bonds is 4. The van der Waals surface area contributed by atoms with Crippen molar-refractivity contribution < 1.29 is 27.6 Å². The number of hydrogen-bond acceptors (Lipinski definition) is 5. The van der Waals surface area contributed by atoms with Crippen molar-refractivity contribution in [3.05, 3.63) is 66.0 Å². The Morgan fingerprint density at radius 2 is 1.68 bits per heavy atom. The molecule has 0 radical (unpaired) electrons. The van der Waals surface area contributed by atoms with Crippen LogP contribution in [-0.2, 0) is 14.8 Å². The average molecular weight is 407 g/mol. The fourth-order valence-electron chi connectivity index (χ4n) is 3.03. The van der Waals surface area contributed by atoms with Gasteiger partial charge < -0.3 is 4.90 Å².